The molecule has 0 bridgehead atoms. The van der Waals surface area contributed by atoms with Gasteiger partial charge in [-0.25, -0.2) is 13.1 Å². The van der Waals surface area contributed by atoms with E-state index in [1.165, 1.54) is 25.3 Å². The first-order valence-electron chi connectivity index (χ1n) is 7.41. The van der Waals surface area contributed by atoms with Gasteiger partial charge in [0, 0.05) is 23.7 Å². The minimum atomic E-state index is -3.72. The van der Waals surface area contributed by atoms with E-state index in [1.54, 1.807) is 13.8 Å². The normalized spacial score (nSPS) is 15.3. The molecule has 23 heavy (non-hydrogen) atoms. The second-order valence-electron chi connectivity index (χ2n) is 6.30. The molecular formula is C15H23N3O4S. The van der Waals surface area contributed by atoms with Crippen LogP contribution >= 0.6 is 0 Å². The van der Waals surface area contributed by atoms with Crippen LogP contribution in [0.5, 0.6) is 5.75 Å². The van der Waals surface area contributed by atoms with Crippen molar-refractivity contribution in [3.05, 3.63) is 23.8 Å². The number of nitrogens with two attached hydrogens (primary N) is 1. The quantitative estimate of drug-likeness (QED) is 0.673. The van der Waals surface area contributed by atoms with Gasteiger partial charge in [-0.15, -0.1) is 0 Å². The van der Waals surface area contributed by atoms with Gasteiger partial charge in [-0.2, -0.15) is 0 Å². The molecule has 1 aromatic rings. The zero-order valence-electron chi connectivity index (χ0n) is 13.5. The zero-order valence-corrected chi connectivity index (χ0v) is 14.4. The molecule has 1 amide bonds. The van der Waals surface area contributed by atoms with Crippen molar-refractivity contribution in [2.45, 2.75) is 43.2 Å². The zero-order chi connectivity index (χ0) is 17.3. The van der Waals surface area contributed by atoms with Gasteiger partial charge in [0.05, 0.1) is 7.11 Å². The monoisotopic (exact) mass is 341 g/mol. The molecule has 0 spiro atoms. The minimum Gasteiger partial charge on any atom is -0.495 e. The van der Waals surface area contributed by atoms with Crippen LogP contribution in [0, 0.1) is 0 Å². The van der Waals surface area contributed by atoms with E-state index in [9.17, 15) is 13.2 Å². The van der Waals surface area contributed by atoms with Crippen LogP contribution in [0.4, 0.5) is 0 Å². The van der Waals surface area contributed by atoms with Gasteiger partial charge in [0.25, 0.3) is 5.91 Å². The molecule has 1 aliphatic carbocycles. The Hall–Kier alpha value is -1.64. The highest BCUT2D eigenvalue weighted by atomic mass is 32.2. The van der Waals surface area contributed by atoms with Gasteiger partial charge in [-0.1, -0.05) is 0 Å². The number of amides is 1. The highest BCUT2D eigenvalue weighted by molar-refractivity contribution is 7.89. The number of carbonyl (C=O) groups is 1. The Bertz CT molecular complexity index is 697. The van der Waals surface area contributed by atoms with Crippen LogP contribution in [-0.4, -0.2) is 39.6 Å². The van der Waals surface area contributed by atoms with Crippen molar-refractivity contribution in [1.29, 1.82) is 0 Å². The van der Waals surface area contributed by atoms with Gasteiger partial charge >= 0.3 is 0 Å². The third kappa shape index (κ3) is 4.43. The number of nitrogens with one attached hydrogen (secondary N) is 2. The molecule has 1 fully saturated rings. The van der Waals surface area contributed by atoms with Crippen LogP contribution < -0.4 is 20.5 Å². The summed E-state index contributed by atoms with van der Waals surface area (Å²) in [7, 11) is -2.33. The highest BCUT2D eigenvalue weighted by Crippen LogP contribution is 2.28. The van der Waals surface area contributed by atoms with Crippen molar-refractivity contribution in [1.82, 2.24) is 10.0 Å². The first-order valence-corrected chi connectivity index (χ1v) is 8.90. The highest BCUT2D eigenvalue weighted by Gasteiger charge is 2.30. The van der Waals surface area contributed by atoms with Gasteiger partial charge in [0.2, 0.25) is 10.0 Å². The third-order valence-electron chi connectivity index (χ3n) is 3.58. The molecule has 0 saturated heterocycles. The summed E-state index contributed by atoms with van der Waals surface area (Å²) in [6, 6.07) is 4.30. The van der Waals surface area contributed by atoms with Crippen molar-refractivity contribution >= 4 is 15.9 Å². The summed E-state index contributed by atoms with van der Waals surface area (Å²) in [6.45, 7) is 3.85. The number of carbonyl (C=O) groups excluding carboxylic acids is 1. The molecule has 1 aromatic carbocycles. The number of hydrogen-bond acceptors (Lipinski definition) is 5. The van der Waals surface area contributed by atoms with Gasteiger partial charge < -0.3 is 15.8 Å². The van der Waals surface area contributed by atoms with Crippen LogP contribution in [0.1, 0.15) is 37.0 Å². The number of rotatable bonds is 7. The lowest BCUT2D eigenvalue weighted by molar-refractivity contribution is 0.0915. The summed E-state index contributed by atoms with van der Waals surface area (Å²) in [5, 5.41) is 2.77. The Kier molecular flexibility index (Phi) is 4.98. The number of ether oxygens (including phenoxy) is 1. The Balaban J connectivity index is 2.33. The van der Waals surface area contributed by atoms with E-state index in [-0.39, 0.29) is 34.7 Å². The summed E-state index contributed by atoms with van der Waals surface area (Å²) in [4.78, 5) is 12.3. The van der Waals surface area contributed by atoms with E-state index in [1.807, 2.05) is 0 Å². The van der Waals surface area contributed by atoms with Crippen molar-refractivity contribution in [2.75, 3.05) is 13.7 Å². The number of hydrogen-bond donors (Lipinski definition) is 3. The average molecular weight is 341 g/mol. The molecule has 1 aliphatic rings. The Morgan fingerprint density at radius 2 is 2.04 bits per heavy atom. The summed E-state index contributed by atoms with van der Waals surface area (Å²) < 4.78 is 32.6. The summed E-state index contributed by atoms with van der Waals surface area (Å²) in [6.07, 6.45) is 1.65. The topological polar surface area (TPSA) is 111 Å². The lowest BCUT2D eigenvalue weighted by Gasteiger charge is -2.24. The second kappa shape index (κ2) is 6.46. The van der Waals surface area contributed by atoms with Gasteiger partial charge in [-0.05, 0) is 44.9 Å². The largest absolute Gasteiger partial charge is 0.495 e. The fraction of sp³-hybridized carbons (Fsp3) is 0.533. The molecule has 0 radical (unpaired) electrons. The first-order chi connectivity index (χ1) is 10.7. The van der Waals surface area contributed by atoms with E-state index in [0.29, 0.717) is 0 Å². The molecule has 7 nitrogen and oxygen atoms in total. The lowest BCUT2D eigenvalue weighted by Crippen LogP contribution is -2.48. The average Bonchev–Trinajstić information content (AvgIpc) is 3.29. The molecule has 0 atom stereocenters. The van der Waals surface area contributed by atoms with Crippen LogP contribution in [0.3, 0.4) is 0 Å². The Morgan fingerprint density at radius 1 is 1.39 bits per heavy atom. The molecule has 0 unspecified atom stereocenters. The van der Waals surface area contributed by atoms with Crippen LogP contribution in [0.25, 0.3) is 0 Å². The molecule has 0 aliphatic heterocycles. The maximum atomic E-state index is 12.4. The predicted molar refractivity (Wildman–Crippen MR) is 86.9 cm³/mol. The maximum absolute atomic E-state index is 12.4. The van der Waals surface area contributed by atoms with Crippen molar-refractivity contribution < 1.29 is 17.9 Å². The fourth-order valence-corrected chi connectivity index (χ4v) is 3.44. The number of methoxy groups -OCH3 is 1. The van der Waals surface area contributed by atoms with Crippen molar-refractivity contribution in [2.24, 2.45) is 5.73 Å². The van der Waals surface area contributed by atoms with Crippen LogP contribution in [0.2, 0.25) is 0 Å². The van der Waals surface area contributed by atoms with E-state index in [4.69, 9.17) is 10.5 Å². The first kappa shape index (κ1) is 17.7. The Labute approximate surface area is 136 Å². The number of sulfonamides is 1. The molecular weight excluding hydrogens is 318 g/mol. The number of benzene rings is 1. The third-order valence-corrected chi connectivity index (χ3v) is 5.12. The van der Waals surface area contributed by atoms with Gasteiger partial charge in [-0.3, -0.25) is 4.79 Å². The minimum absolute atomic E-state index is 0.0293. The molecule has 0 aromatic heterocycles. The second-order valence-corrected chi connectivity index (χ2v) is 7.99. The van der Waals surface area contributed by atoms with Crippen LogP contribution in [0.15, 0.2) is 23.1 Å². The standard InChI is InChI=1S/C15H23N3O4S/c1-15(2,9-16)17-14(19)10-4-7-12(22-3)13(8-10)23(20,21)18-11-5-6-11/h4,7-8,11,18H,5-6,9,16H2,1-3H3,(H,17,19). The molecule has 1 saturated carbocycles. The Morgan fingerprint density at radius 3 is 2.57 bits per heavy atom. The van der Waals surface area contributed by atoms with E-state index >= 15 is 0 Å². The fourth-order valence-electron chi connectivity index (χ4n) is 1.94. The van der Waals surface area contributed by atoms with Gasteiger partial charge in [0.1, 0.15) is 10.6 Å². The lowest BCUT2D eigenvalue weighted by atomic mass is 10.1. The SMILES string of the molecule is COc1ccc(C(=O)NC(C)(C)CN)cc1S(=O)(=O)NC1CC1. The summed E-state index contributed by atoms with van der Waals surface area (Å²) >= 11 is 0. The van der Waals surface area contributed by atoms with Gasteiger partial charge in [0.15, 0.2) is 0 Å². The summed E-state index contributed by atoms with van der Waals surface area (Å²) in [5.41, 5.74) is 5.26. The molecule has 2 rings (SSSR count). The smallest absolute Gasteiger partial charge is 0.251 e. The molecule has 0 heterocycles. The van der Waals surface area contributed by atoms with Crippen molar-refractivity contribution in [3.8, 4) is 5.75 Å². The van der Waals surface area contributed by atoms with E-state index < -0.39 is 15.6 Å². The van der Waals surface area contributed by atoms with E-state index in [0.717, 1.165) is 12.8 Å². The molecule has 4 N–H and O–H groups in total. The molecule has 8 heteroatoms. The van der Waals surface area contributed by atoms with Crippen LogP contribution in [-0.2, 0) is 10.0 Å². The van der Waals surface area contributed by atoms with E-state index in [2.05, 4.69) is 10.0 Å². The predicted octanol–water partition coefficient (Wildman–Crippen LogP) is 0.603. The molecule has 128 valence electrons. The summed E-state index contributed by atoms with van der Waals surface area (Å²) in [5.74, 6) is -0.182. The van der Waals surface area contributed by atoms with Crippen molar-refractivity contribution in [3.63, 3.8) is 0 Å². The maximum Gasteiger partial charge on any atom is 0.251 e.